The number of hydrogen-bond acceptors (Lipinski definition) is 6. The number of benzene rings is 1. The van der Waals surface area contributed by atoms with Crippen molar-refractivity contribution < 1.29 is 22.4 Å². The third kappa shape index (κ3) is 4.92. The van der Waals surface area contributed by atoms with Gasteiger partial charge in [-0.05, 0) is 50.8 Å². The summed E-state index contributed by atoms with van der Waals surface area (Å²) in [6.07, 6.45) is 1.03. The number of aryl methyl sites for hydroxylation is 2. The maximum absolute atomic E-state index is 12.3. The molecule has 1 aliphatic heterocycles. The number of carbonyl (C=O) groups excluding carboxylic acids is 1. The zero-order chi connectivity index (χ0) is 20.5. The highest BCUT2D eigenvalue weighted by Gasteiger charge is 2.28. The summed E-state index contributed by atoms with van der Waals surface area (Å²) in [5, 5.41) is 3.60. The Bertz CT molecular complexity index is 1050. The number of hydrogen-bond donors (Lipinski definition) is 1. The van der Waals surface area contributed by atoms with Crippen LogP contribution in [-0.4, -0.2) is 38.0 Å². The monoisotopic (exact) mass is 407 g/mol. The third-order valence-corrected chi connectivity index (χ3v) is 6.48. The van der Waals surface area contributed by atoms with Crippen molar-refractivity contribution in [3.63, 3.8) is 0 Å². The van der Waals surface area contributed by atoms with Crippen LogP contribution in [0.2, 0.25) is 0 Å². The first-order valence-corrected chi connectivity index (χ1v) is 11.2. The zero-order valence-corrected chi connectivity index (χ0v) is 17.1. The molecule has 1 atom stereocenters. The molecule has 1 fully saturated rings. The molecule has 2 heterocycles. The van der Waals surface area contributed by atoms with Crippen molar-refractivity contribution in [3.05, 3.63) is 39.7 Å². The molecule has 3 rings (SSSR count). The number of ether oxygens (including phenoxy) is 1. The van der Waals surface area contributed by atoms with Crippen LogP contribution in [0, 0.1) is 6.92 Å². The summed E-state index contributed by atoms with van der Waals surface area (Å²) in [4.78, 5) is 23.9. The second-order valence-corrected chi connectivity index (χ2v) is 9.77. The highest BCUT2D eigenvalue weighted by Crippen LogP contribution is 2.29. The fourth-order valence-electron chi connectivity index (χ4n) is 3.41. The highest BCUT2D eigenvalue weighted by molar-refractivity contribution is 7.91. The molecule has 1 aromatic carbocycles. The molecule has 1 aromatic heterocycles. The van der Waals surface area contributed by atoms with Gasteiger partial charge in [-0.2, -0.15) is 0 Å². The van der Waals surface area contributed by atoms with Crippen LogP contribution in [0.3, 0.4) is 0 Å². The lowest BCUT2D eigenvalue weighted by Gasteiger charge is -2.16. The van der Waals surface area contributed by atoms with E-state index in [2.05, 4.69) is 5.32 Å². The normalized spacial score (nSPS) is 18.5. The molecule has 2 aromatic rings. The van der Waals surface area contributed by atoms with E-state index in [0.29, 0.717) is 24.2 Å². The molecule has 1 N–H and O–H groups in total. The average molecular weight is 407 g/mol. The van der Waals surface area contributed by atoms with Gasteiger partial charge in [0.05, 0.1) is 17.6 Å². The molecule has 0 spiro atoms. The van der Waals surface area contributed by atoms with E-state index in [9.17, 15) is 18.0 Å². The van der Waals surface area contributed by atoms with E-state index in [1.54, 1.807) is 6.07 Å². The van der Waals surface area contributed by atoms with Gasteiger partial charge in [-0.1, -0.05) is 0 Å². The van der Waals surface area contributed by atoms with E-state index in [0.717, 1.165) is 16.5 Å². The minimum atomic E-state index is -3.03. The van der Waals surface area contributed by atoms with Crippen LogP contribution >= 0.6 is 0 Å². The predicted molar refractivity (Wildman–Crippen MR) is 107 cm³/mol. The Morgan fingerprint density at radius 3 is 2.71 bits per heavy atom. The maximum atomic E-state index is 12.3. The Kier molecular flexibility index (Phi) is 5.79. The molecule has 8 heteroatoms. The van der Waals surface area contributed by atoms with Gasteiger partial charge in [-0.15, -0.1) is 0 Å². The predicted octanol–water partition coefficient (Wildman–Crippen LogP) is 2.12. The smallest absolute Gasteiger partial charge is 0.336 e. The Morgan fingerprint density at radius 2 is 2.07 bits per heavy atom. The molecule has 7 nitrogen and oxygen atoms in total. The fraction of sp³-hybridized carbons (Fsp3) is 0.500. The molecule has 152 valence electrons. The van der Waals surface area contributed by atoms with Gasteiger partial charge < -0.3 is 14.5 Å². The number of amides is 1. The molecule has 1 aliphatic rings. The van der Waals surface area contributed by atoms with E-state index in [1.807, 2.05) is 26.8 Å². The SMILES string of the molecule is Cc1cc(=O)oc2cc(OC(C)C)c(CCC(=O)N[C@@H]3CCS(=O)(=O)C3)cc12. The molecular formula is C20H25NO6S. The fourth-order valence-corrected chi connectivity index (χ4v) is 5.08. The van der Waals surface area contributed by atoms with Crippen LogP contribution in [0.1, 0.15) is 37.8 Å². The summed E-state index contributed by atoms with van der Waals surface area (Å²) >= 11 is 0. The van der Waals surface area contributed by atoms with E-state index >= 15 is 0 Å². The molecule has 0 aliphatic carbocycles. The third-order valence-electron chi connectivity index (χ3n) is 4.71. The van der Waals surface area contributed by atoms with Crippen LogP contribution in [0.5, 0.6) is 5.75 Å². The van der Waals surface area contributed by atoms with Gasteiger partial charge in [-0.25, -0.2) is 13.2 Å². The zero-order valence-electron chi connectivity index (χ0n) is 16.3. The summed E-state index contributed by atoms with van der Waals surface area (Å²) in [6.45, 7) is 5.63. The topological polar surface area (TPSA) is 103 Å². The minimum absolute atomic E-state index is 0.00858. The molecule has 0 radical (unpaired) electrons. The van der Waals surface area contributed by atoms with E-state index in [1.165, 1.54) is 6.07 Å². The second kappa shape index (κ2) is 7.95. The molecule has 0 saturated carbocycles. The van der Waals surface area contributed by atoms with Crippen LogP contribution in [0.15, 0.2) is 27.4 Å². The average Bonchev–Trinajstić information content (AvgIpc) is 2.91. The Labute approximate surface area is 164 Å². The van der Waals surface area contributed by atoms with Crippen molar-refractivity contribution in [2.24, 2.45) is 0 Å². The van der Waals surface area contributed by atoms with Crippen molar-refractivity contribution in [1.29, 1.82) is 0 Å². The van der Waals surface area contributed by atoms with Gasteiger partial charge in [0.1, 0.15) is 11.3 Å². The van der Waals surface area contributed by atoms with Gasteiger partial charge in [-0.3, -0.25) is 4.79 Å². The molecule has 28 heavy (non-hydrogen) atoms. The Morgan fingerprint density at radius 1 is 1.32 bits per heavy atom. The van der Waals surface area contributed by atoms with Crippen LogP contribution in [0.25, 0.3) is 11.0 Å². The lowest BCUT2D eigenvalue weighted by molar-refractivity contribution is -0.121. The standard InChI is InChI=1S/C20H25NO6S/c1-12(2)26-17-10-18-16(13(3)8-20(23)27-18)9-14(17)4-5-19(22)21-15-6-7-28(24,25)11-15/h8-10,12,15H,4-7,11H2,1-3H3,(H,21,22)/t15-/m1/s1. The number of sulfone groups is 1. The van der Waals surface area contributed by atoms with Crippen molar-refractivity contribution in [2.75, 3.05) is 11.5 Å². The van der Waals surface area contributed by atoms with E-state index in [-0.39, 0.29) is 36.0 Å². The van der Waals surface area contributed by atoms with Crippen LogP contribution < -0.4 is 15.7 Å². The second-order valence-electron chi connectivity index (χ2n) is 7.54. The van der Waals surface area contributed by atoms with Gasteiger partial charge in [0, 0.05) is 30.0 Å². The van der Waals surface area contributed by atoms with Crippen molar-refractivity contribution in [3.8, 4) is 5.75 Å². The Balaban J connectivity index is 1.78. The highest BCUT2D eigenvalue weighted by atomic mass is 32.2. The quantitative estimate of drug-likeness (QED) is 0.736. The van der Waals surface area contributed by atoms with Crippen molar-refractivity contribution in [2.45, 2.75) is 52.2 Å². The molecule has 0 bridgehead atoms. The van der Waals surface area contributed by atoms with E-state index in [4.69, 9.17) is 9.15 Å². The molecule has 1 amide bonds. The largest absolute Gasteiger partial charge is 0.491 e. The first-order chi connectivity index (χ1) is 13.1. The van der Waals surface area contributed by atoms with Crippen molar-refractivity contribution in [1.82, 2.24) is 5.32 Å². The van der Waals surface area contributed by atoms with Gasteiger partial charge in [0.2, 0.25) is 5.91 Å². The maximum Gasteiger partial charge on any atom is 0.336 e. The molecule has 1 saturated heterocycles. The van der Waals surface area contributed by atoms with Gasteiger partial charge in [0.15, 0.2) is 9.84 Å². The number of rotatable bonds is 6. The lowest BCUT2D eigenvalue weighted by Crippen LogP contribution is -2.35. The lowest BCUT2D eigenvalue weighted by atomic mass is 10.0. The van der Waals surface area contributed by atoms with Crippen LogP contribution in [-0.2, 0) is 21.1 Å². The summed E-state index contributed by atoms with van der Waals surface area (Å²) in [7, 11) is -3.03. The minimum Gasteiger partial charge on any atom is -0.491 e. The summed E-state index contributed by atoms with van der Waals surface area (Å²) in [5.41, 5.74) is 1.67. The molecular weight excluding hydrogens is 382 g/mol. The first kappa shape index (κ1) is 20.4. The molecule has 0 unspecified atom stereocenters. The summed E-state index contributed by atoms with van der Waals surface area (Å²) < 4.78 is 34.2. The summed E-state index contributed by atoms with van der Waals surface area (Å²) in [6, 6.07) is 4.71. The van der Waals surface area contributed by atoms with Crippen LogP contribution in [0.4, 0.5) is 0 Å². The number of carbonyl (C=O) groups is 1. The van der Waals surface area contributed by atoms with E-state index < -0.39 is 15.5 Å². The van der Waals surface area contributed by atoms with Crippen molar-refractivity contribution >= 4 is 26.7 Å². The first-order valence-electron chi connectivity index (χ1n) is 9.37. The van der Waals surface area contributed by atoms with Gasteiger partial charge >= 0.3 is 5.63 Å². The number of fused-ring (bicyclic) bond motifs is 1. The Hall–Kier alpha value is -2.35. The van der Waals surface area contributed by atoms with Gasteiger partial charge in [0.25, 0.3) is 0 Å². The summed E-state index contributed by atoms with van der Waals surface area (Å²) in [5.74, 6) is 0.523. The number of nitrogens with one attached hydrogen (secondary N) is 1.